The average Bonchev–Trinajstić information content (AvgIpc) is 2.91. The molecule has 3 aromatic rings. The molecule has 0 bridgehead atoms. The molecular formula is C36H58BrN3. The van der Waals surface area contributed by atoms with E-state index >= 15 is 0 Å². The van der Waals surface area contributed by atoms with Crippen molar-refractivity contribution < 1.29 is 0 Å². The number of nitrogens with one attached hydrogen (secondary N) is 1. The number of benzene rings is 3. The van der Waals surface area contributed by atoms with E-state index in [1.54, 1.807) is 0 Å². The normalized spacial score (nSPS) is 10.6. The molecule has 3 rings (SSSR count). The van der Waals surface area contributed by atoms with Crippen LogP contribution in [0.15, 0.2) is 91.0 Å². The fourth-order valence-electron chi connectivity index (χ4n) is 3.98. The fourth-order valence-corrected chi connectivity index (χ4v) is 3.98. The van der Waals surface area contributed by atoms with Crippen LogP contribution in [0.2, 0.25) is 0 Å². The highest BCUT2D eigenvalue weighted by molar-refractivity contribution is 9.09. The third kappa shape index (κ3) is 22.8. The monoisotopic (exact) mass is 611 g/mol. The van der Waals surface area contributed by atoms with Crippen LogP contribution in [-0.4, -0.2) is 47.5 Å². The molecule has 0 fully saturated rings. The molecular weight excluding hydrogens is 554 g/mol. The van der Waals surface area contributed by atoms with Crippen molar-refractivity contribution >= 4 is 15.9 Å². The topological polar surface area (TPSA) is 41.3 Å². The summed E-state index contributed by atoms with van der Waals surface area (Å²) in [6.07, 6.45) is 3.26. The highest BCUT2D eigenvalue weighted by atomic mass is 79.9. The van der Waals surface area contributed by atoms with Gasteiger partial charge in [-0.3, -0.25) is 4.90 Å². The zero-order chi connectivity index (χ0) is 30.2. The molecule has 3 aromatic carbocycles. The quantitative estimate of drug-likeness (QED) is 0.213. The van der Waals surface area contributed by atoms with Gasteiger partial charge in [-0.05, 0) is 76.7 Å². The molecule has 0 saturated carbocycles. The Balaban J connectivity index is 0.000000547. The minimum atomic E-state index is 0.591. The lowest BCUT2D eigenvalue weighted by molar-refractivity contribution is 0.177. The third-order valence-corrected chi connectivity index (χ3v) is 5.91. The summed E-state index contributed by atoms with van der Waals surface area (Å²) in [7, 11) is 0. The van der Waals surface area contributed by atoms with Crippen molar-refractivity contribution in [1.82, 2.24) is 10.2 Å². The van der Waals surface area contributed by atoms with Crippen LogP contribution in [0.4, 0.5) is 0 Å². The predicted octanol–water partition coefficient (Wildman–Crippen LogP) is 8.55. The Bertz CT molecular complexity index is 902. The molecule has 0 heterocycles. The number of nitrogens with zero attached hydrogens (tertiary/aromatic N) is 1. The Morgan fingerprint density at radius 2 is 0.950 bits per heavy atom. The number of alkyl halides is 1. The highest BCUT2D eigenvalue weighted by Crippen LogP contribution is 2.08. The van der Waals surface area contributed by atoms with Gasteiger partial charge in [-0.25, -0.2) is 0 Å². The van der Waals surface area contributed by atoms with Gasteiger partial charge in [-0.2, -0.15) is 0 Å². The first-order valence-corrected chi connectivity index (χ1v) is 15.9. The Morgan fingerprint density at radius 3 is 1.27 bits per heavy atom. The Labute approximate surface area is 256 Å². The Kier molecular flexibility index (Phi) is 23.6. The number of hydrogen-bond acceptors (Lipinski definition) is 3. The van der Waals surface area contributed by atoms with Crippen LogP contribution in [0.3, 0.4) is 0 Å². The number of nitrogens with two attached hydrogens (primary N) is 1. The maximum atomic E-state index is 5.36. The third-order valence-electron chi connectivity index (χ3n) is 5.91. The second kappa shape index (κ2) is 24.8. The van der Waals surface area contributed by atoms with E-state index in [1.807, 2.05) is 18.2 Å². The second-order valence-corrected chi connectivity index (χ2v) is 12.9. The second-order valence-electron chi connectivity index (χ2n) is 11.0. The van der Waals surface area contributed by atoms with Gasteiger partial charge in [0.1, 0.15) is 0 Å². The Morgan fingerprint density at radius 1 is 0.600 bits per heavy atom. The van der Waals surface area contributed by atoms with Gasteiger partial charge in [0.05, 0.1) is 0 Å². The van der Waals surface area contributed by atoms with E-state index < -0.39 is 0 Å². The summed E-state index contributed by atoms with van der Waals surface area (Å²) in [5.41, 5.74) is 9.52. The first-order valence-electron chi connectivity index (χ1n) is 15.0. The lowest BCUT2D eigenvalue weighted by Gasteiger charge is -2.30. The van der Waals surface area contributed by atoms with Gasteiger partial charge in [-0.1, -0.05) is 135 Å². The van der Waals surface area contributed by atoms with Gasteiger partial charge in [0, 0.05) is 29.5 Å². The smallest absolute Gasteiger partial charge is 0.00888 e. The van der Waals surface area contributed by atoms with Crippen molar-refractivity contribution in [2.45, 2.75) is 97.6 Å². The number of hydrogen-bond donors (Lipinski definition) is 2. The molecule has 0 aliphatic rings. The van der Waals surface area contributed by atoms with Crippen LogP contribution < -0.4 is 11.1 Å². The largest absolute Gasteiger partial charge is 0.330 e. The van der Waals surface area contributed by atoms with Crippen molar-refractivity contribution in [1.29, 1.82) is 0 Å². The molecule has 0 atom stereocenters. The minimum Gasteiger partial charge on any atom is -0.330 e. The van der Waals surface area contributed by atoms with Crippen molar-refractivity contribution in [2.75, 3.05) is 19.6 Å². The summed E-state index contributed by atoms with van der Waals surface area (Å²) in [5, 5.41) is 3.39. The maximum Gasteiger partial charge on any atom is 0.00888 e. The van der Waals surface area contributed by atoms with E-state index in [9.17, 15) is 0 Å². The van der Waals surface area contributed by atoms with Crippen molar-refractivity contribution in [3.8, 4) is 0 Å². The Hall–Kier alpha value is -1.98. The molecule has 3 N–H and O–H groups in total. The molecule has 0 spiro atoms. The highest BCUT2D eigenvalue weighted by Gasteiger charge is 2.12. The average molecular weight is 613 g/mol. The maximum absolute atomic E-state index is 5.36. The van der Waals surface area contributed by atoms with E-state index in [4.69, 9.17) is 5.73 Å². The SMILES string of the molecule is CC(C)Br.CC(C)N(CCc1ccccc1)C(C)C.CC(C)NCCc1ccccc1.NCCc1ccccc1. The van der Waals surface area contributed by atoms with Gasteiger partial charge in [0.25, 0.3) is 0 Å². The summed E-state index contributed by atoms with van der Waals surface area (Å²) >= 11 is 3.27. The van der Waals surface area contributed by atoms with Crippen LogP contribution in [0, 0.1) is 0 Å². The van der Waals surface area contributed by atoms with Gasteiger partial charge in [-0.15, -0.1) is 0 Å². The molecule has 4 heteroatoms. The molecule has 0 aliphatic heterocycles. The molecule has 224 valence electrons. The fraction of sp³-hybridized carbons (Fsp3) is 0.500. The van der Waals surface area contributed by atoms with Crippen molar-refractivity contribution in [3.05, 3.63) is 108 Å². The van der Waals surface area contributed by atoms with E-state index in [-0.39, 0.29) is 0 Å². The zero-order valence-corrected chi connectivity index (χ0v) is 28.2. The van der Waals surface area contributed by atoms with Crippen LogP contribution in [0.5, 0.6) is 0 Å². The first kappa shape index (κ1) is 38.0. The summed E-state index contributed by atoms with van der Waals surface area (Å²) in [6, 6.07) is 33.4. The van der Waals surface area contributed by atoms with Crippen molar-refractivity contribution in [2.24, 2.45) is 5.73 Å². The lowest BCUT2D eigenvalue weighted by atomic mass is 10.1. The lowest BCUT2D eigenvalue weighted by Crippen LogP contribution is -2.38. The van der Waals surface area contributed by atoms with Gasteiger partial charge >= 0.3 is 0 Å². The van der Waals surface area contributed by atoms with Crippen LogP contribution in [0.1, 0.15) is 72.1 Å². The van der Waals surface area contributed by atoms with Gasteiger partial charge < -0.3 is 11.1 Å². The van der Waals surface area contributed by atoms with E-state index in [0.717, 1.165) is 38.9 Å². The summed E-state index contributed by atoms with van der Waals surface area (Å²) < 4.78 is 0. The minimum absolute atomic E-state index is 0.591. The van der Waals surface area contributed by atoms with Crippen LogP contribution in [0.25, 0.3) is 0 Å². The molecule has 40 heavy (non-hydrogen) atoms. The molecule has 0 aromatic heterocycles. The molecule has 0 unspecified atom stereocenters. The zero-order valence-electron chi connectivity index (χ0n) is 26.6. The molecule has 0 saturated heterocycles. The standard InChI is InChI=1S/C14H23N.C11H17N.C8H11N.C3H7Br/c1-12(2)15(13(3)4)11-10-14-8-6-5-7-9-14;1-10(2)12-9-8-11-6-4-3-5-7-11;9-7-6-8-4-2-1-3-5-8;1-3(2)4/h5-9,12-13H,10-11H2,1-4H3;3-7,10,12H,8-9H2,1-2H3;1-5H,6-7,9H2;3H,1-2H3. The number of rotatable bonds is 11. The van der Waals surface area contributed by atoms with E-state index in [2.05, 4.69) is 154 Å². The molecule has 0 aliphatic carbocycles. The summed E-state index contributed by atoms with van der Waals surface area (Å²) in [6.45, 7) is 20.5. The predicted molar refractivity (Wildman–Crippen MR) is 184 cm³/mol. The first-order chi connectivity index (χ1) is 19.1. The van der Waals surface area contributed by atoms with Crippen molar-refractivity contribution in [3.63, 3.8) is 0 Å². The van der Waals surface area contributed by atoms with Crippen LogP contribution in [-0.2, 0) is 19.3 Å². The molecule has 0 amide bonds. The van der Waals surface area contributed by atoms with E-state index in [1.165, 1.54) is 16.7 Å². The van der Waals surface area contributed by atoms with Gasteiger partial charge in [0.15, 0.2) is 0 Å². The summed E-state index contributed by atoms with van der Waals surface area (Å²) in [5.74, 6) is 0. The summed E-state index contributed by atoms with van der Waals surface area (Å²) in [4.78, 5) is 3.18. The molecule has 3 nitrogen and oxygen atoms in total. The van der Waals surface area contributed by atoms with Gasteiger partial charge in [0.2, 0.25) is 0 Å². The molecule has 0 radical (unpaired) electrons. The van der Waals surface area contributed by atoms with E-state index in [0.29, 0.717) is 23.0 Å². The number of halogens is 1. The van der Waals surface area contributed by atoms with Crippen LogP contribution >= 0.6 is 15.9 Å².